The van der Waals surface area contributed by atoms with Gasteiger partial charge < -0.3 is 15.6 Å². The zero-order chi connectivity index (χ0) is 12.4. The molecule has 1 aromatic rings. The van der Waals surface area contributed by atoms with Crippen molar-refractivity contribution in [2.75, 3.05) is 7.11 Å². The number of hydrogen-bond acceptors (Lipinski definition) is 4. The fraction of sp³-hybridized carbons (Fsp3) is 0.462. The predicted octanol–water partition coefficient (Wildman–Crippen LogP) is 0.924. The summed E-state index contributed by atoms with van der Waals surface area (Å²) in [4.78, 5) is 11.1. The number of aryl methyl sites for hydroxylation is 1. The zero-order valence-corrected chi connectivity index (χ0v) is 9.90. The van der Waals surface area contributed by atoms with Crippen molar-refractivity contribution in [2.45, 2.75) is 31.7 Å². The van der Waals surface area contributed by atoms with Crippen molar-refractivity contribution in [3.8, 4) is 5.75 Å². The van der Waals surface area contributed by atoms with E-state index in [4.69, 9.17) is 5.73 Å². The van der Waals surface area contributed by atoms with Gasteiger partial charge in [0.05, 0.1) is 7.11 Å². The summed E-state index contributed by atoms with van der Waals surface area (Å²) in [6.07, 6.45) is 2.55. The molecule has 0 bridgehead atoms. The lowest BCUT2D eigenvalue weighted by atomic mass is 9.99. The van der Waals surface area contributed by atoms with Crippen molar-refractivity contribution in [3.05, 3.63) is 28.8 Å². The molecule has 4 nitrogen and oxygen atoms in total. The summed E-state index contributed by atoms with van der Waals surface area (Å²) in [5, 5.41) is 9.63. The first-order valence-electron chi connectivity index (χ1n) is 5.76. The number of fused-ring (bicyclic) bond motifs is 1. The van der Waals surface area contributed by atoms with Crippen LogP contribution in [0.3, 0.4) is 0 Å². The van der Waals surface area contributed by atoms with Crippen LogP contribution in [0.25, 0.3) is 0 Å². The second kappa shape index (κ2) is 4.75. The minimum atomic E-state index is -0.232. The van der Waals surface area contributed by atoms with Gasteiger partial charge in [-0.1, -0.05) is 0 Å². The Balaban J connectivity index is 2.20. The topological polar surface area (TPSA) is 72.5 Å². The van der Waals surface area contributed by atoms with Crippen LogP contribution in [0.15, 0.2) is 12.1 Å². The highest BCUT2D eigenvalue weighted by Crippen LogP contribution is 2.29. The molecule has 0 heterocycles. The average molecular weight is 235 g/mol. The Morgan fingerprint density at radius 2 is 2.29 bits per heavy atom. The van der Waals surface area contributed by atoms with Gasteiger partial charge in [-0.2, -0.15) is 0 Å². The van der Waals surface area contributed by atoms with Gasteiger partial charge in [-0.15, -0.1) is 0 Å². The molecule has 92 valence electrons. The van der Waals surface area contributed by atoms with Crippen molar-refractivity contribution < 1.29 is 14.6 Å². The van der Waals surface area contributed by atoms with Crippen molar-refractivity contribution >= 4 is 5.97 Å². The van der Waals surface area contributed by atoms with E-state index < -0.39 is 0 Å². The van der Waals surface area contributed by atoms with Crippen LogP contribution in [-0.2, 0) is 28.8 Å². The molecule has 1 aliphatic rings. The standard InChI is InChI=1S/C13H17NO3/c1-17-13(16)3-2-8-5-11(15)6-9-4-10(14)7-12(8)9/h5-6,10,15H,2-4,7,14H2,1H3. The lowest BCUT2D eigenvalue weighted by Gasteiger charge is -2.08. The molecule has 1 atom stereocenters. The van der Waals surface area contributed by atoms with Gasteiger partial charge in [0.2, 0.25) is 0 Å². The first-order chi connectivity index (χ1) is 8.10. The summed E-state index contributed by atoms with van der Waals surface area (Å²) in [7, 11) is 1.38. The number of ether oxygens (including phenoxy) is 1. The highest BCUT2D eigenvalue weighted by Gasteiger charge is 2.22. The van der Waals surface area contributed by atoms with Crippen molar-refractivity contribution in [2.24, 2.45) is 5.73 Å². The number of hydrogen-bond donors (Lipinski definition) is 2. The number of phenols is 1. The molecule has 0 aromatic heterocycles. The molecule has 3 N–H and O–H groups in total. The lowest BCUT2D eigenvalue weighted by molar-refractivity contribution is -0.140. The molecule has 0 radical (unpaired) electrons. The van der Waals surface area contributed by atoms with E-state index in [1.807, 2.05) is 0 Å². The normalized spacial score (nSPS) is 17.9. The summed E-state index contributed by atoms with van der Waals surface area (Å²) >= 11 is 0. The van der Waals surface area contributed by atoms with E-state index in [9.17, 15) is 9.90 Å². The molecular formula is C13H17NO3. The molecule has 1 aromatic carbocycles. The SMILES string of the molecule is COC(=O)CCc1cc(O)cc2c1CC(N)C2. The van der Waals surface area contributed by atoms with Crippen LogP contribution in [0.1, 0.15) is 23.1 Å². The number of carbonyl (C=O) groups excluding carboxylic acids is 1. The number of carbonyl (C=O) groups is 1. The highest BCUT2D eigenvalue weighted by molar-refractivity contribution is 5.69. The van der Waals surface area contributed by atoms with Gasteiger partial charge in [-0.3, -0.25) is 4.79 Å². The largest absolute Gasteiger partial charge is 0.508 e. The summed E-state index contributed by atoms with van der Waals surface area (Å²) in [6.45, 7) is 0. The molecule has 0 spiro atoms. The minimum absolute atomic E-state index is 0.128. The molecule has 0 aliphatic heterocycles. The number of rotatable bonds is 3. The lowest BCUT2D eigenvalue weighted by Crippen LogP contribution is -2.19. The minimum Gasteiger partial charge on any atom is -0.508 e. The molecule has 2 rings (SSSR count). The van der Waals surface area contributed by atoms with Gasteiger partial charge in [-0.25, -0.2) is 0 Å². The number of methoxy groups -OCH3 is 1. The summed E-state index contributed by atoms with van der Waals surface area (Å²) in [6, 6.07) is 3.62. The van der Waals surface area contributed by atoms with E-state index in [0.717, 1.165) is 24.0 Å². The average Bonchev–Trinajstić information content (AvgIpc) is 2.65. The Morgan fingerprint density at radius 1 is 1.53 bits per heavy atom. The van der Waals surface area contributed by atoms with Crippen LogP contribution in [0.5, 0.6) is 5.75 Å². The molecule has 1 unspecified atom stereocenters. The van der Waals surface area contributed by atoms with Crippen LogP contribution in [-0.4, -0.2) is 24.2 Å². The summed E-state index contributed by atoms with van der Waals surface area (Å²) in [5.74, 6) is 0.0158. The van der Waals surface area contributed by atoms with E-state index in [1.54, 1.807) is 12.1 Å². The van der Waals surface area contributed by atoms with E-state index in [-0.39, 0.29) is 17.8 Å². The second-order valence-corrected chi connectivity index (χ2v) is 4.49. The fourth-order valence-corrected chi connectivity index (χ4v) is 2.40. The summed E-state index contributed by atoms with van der Waals surface area (Å²) in [5.41, 5.74) is 9.23. The Labute approximate surface area is 100 Å². The van der Waals surface area contributed by atoms with Gasteiger partial charge >= 0.3 is 5.97 Å². The van der Waals surface area contributed by atoms with Crippen LogP contribution in [0.2, 0.25) is 0 Å². The van der Waals surface area contributed by atoms with E-state index in [0.29, 0.717) is 12.8 Å². The van der Waals surface area contributed by atoms with Crippen molar-refractivity contribution in [1.82, 2.24) is 0 Å². The highest BCUT2D eigenvalue weighted by atomic mass is 16.5. The maximum Gasteiger partial charge on any atom is 0.305 e. The predicted molar refractivity (Wildman–Crippen MR) is 63.8 cm³/mol. The van der Waals surface area contributed by atoms with Gasteiger partial charge in [0.25, 0.3) is 0 Å². The monoisotopic (exact) mass is 235 g/mol. The number of nitrogens with two attached hydrogens (primary N) is 1. The van der Waals surface area contributed by atoms with E-state index in [1.165, 1.54) is 12.7 Å². The molecule has 17 heavy (non-hydrogen) atoms. The van der Waals surface area contributed by atoms with Crippen molar-refractivity contribution in [3.63, 3.8) is 0 Å². The number of benzene rings is 1. The third-order valence-corrected chi connectivity index (χ3v) is 3.19. The Hall–Kier alpha value is -1.55. The maximum absolute atomic E-state index is 11.1. The molecule has 0 saturated heterocycles. The van der Waals surface area contributed by atoms with E-state index >= 15 is 0 Å². The molecule has 1 aliphatic carbocycles. The first kappa shape index (κ1) is 11.9. The van der Waals surface area contributed by atoms with Crippen LogP contribution in [0.4, 0.5) is 0 Å². The van der Waals surface area contributed by atoms with Crippen LogP contribution in [0, 0.1) is 0 Å². The maximum atomic E-state index is 11.1. The van der Waals surface area contributed by atoms with Crippen LogP contribution >= 0.6 is 0 Å². The molecule has 0 saturated carbocycles. The van der Waals surface area contributed by atoms with Gasteiger partial charge in [-0.05, 0) is 48.1 Å². The van der Waals surface area contributed by atoms with Crippen LogP contribution < -0.4 is 5.73 Å². The first-order valence-corrected chi connectivity index (χ1v) is 5.76. The quantitative estimate of drug-likeness (QED) is 0.764. The van der Waals surface area contributed by atoms with Gasteiger partial charge in [0.1, 0.15) is 5.75 Å². The molecular weight excluding hydrogens is 218 g/mol. The Morgan fingerprint density at radius 3 is 3.00 bits per heavy atom. The molecule has 0 amide bonds. The third-order valence-electron chi connectivity index (χ3n) is 3.19. The summed E-state index contributed by atoms with van der Waals surface area (Å²) < 4.78 is 4.62. The molecule has 4 heteroatoms. The van der Waals surface area contributed by atoms with E-state index in [2.05, 4.69) is 4.74 Å². The second-order valence-electron chi connectivity index (χ2n) is 4.49. The zero-order valence-electron chi connectivity index (χ0n) is 9.90. The van der Waals surface area contributed by atoms with Gasteiger partial charge in [0.15, 0.2) is 0 Å². The van der Waals surface area contributed by atoms with Gasteiger partial charge in [0, 0.05) is 12.5 Å². The number of phenolic OH excluding ortho intramolecular Hbond substituents is 1. The van der Waals surface area contributed by atoms with Crippen molar-refractivity contribution in [1.29, 1.82) is 0 Å². The number of esters is 1. The fourth-order valence-electron chi connectivity index (χ4n) is 2.40. The Bertz CT molecular complexity index is 443. The smallest absolute Gasteiger partial charge is 0.305 e. The number of aromatic hydroxyl groups is 1. The Kier molecular flexibility index (Phi) is 3.33. The molecule has 0 fully saturated rings. The third kappa shape index (κ3) is 2.58.